The Morgan fingerprint density at radius 3 is 2.73 bits per heavy atom. The van der Waals surface area contributed by atoms with Gasteiger partial charge >= 0.3 is 6.18 Å². The van der Waals surface area contributed by atoms with E-state index in [1.807, 2.05) is 6.92 Å². The molecule has 0 spiro atoms. The minimum atomic E-state index is -4.38. The Hall–Kier alpha value is -1.24. The third kappa shape index (κ3) is 4.90. The summed E-state index contributed by atoms with van der Waals surface area (Å²) in [4.78, 5) is 12.1. The molecule has 1 aromatic heterocycles. The van der Waals surface area contributed by atoms with Gasteiger partial charge in [-0.05, 0) is 12.3 Å². The summed E-state index contributed by atoms with van der Waals surface area (Å²) in [6.07, 6.45) is 2.14. The Balaban J connectivity index is 1.93. The Bertz CT molecular complexity index is 524. The van der Waals surface area contributed by atoms with E-state index in [4.69, 9.17) is 11.6 Å². The second-order valence-electron chi connectivity index (χ2n) is 5.91. The predicted molar refractivity (Wildman–Crippen MR) is 77.7 cm³/mol. The number of nitrogens with one attached hydrogen (secondary N) is 1. The Morgan fingerprint density at radius 1 is 1.50 bits per heavy atom. The fourth-order valence-corrected chi connectivity index (χ4v) is 3.04. The lowest BCUT2D eigenvalue weighted by molar-refractivity contribution is -0.142. The molecule has 0 saturated heterocycles. The maximum atomic E-state index is 12.3. The number of amides is 1. The van der Waals surface area contributed by atoms with Gasteiger partial charge in [-0.2, -0.15) is 18.3 Å². The van der Waals surface area contributed by atoms with Crippen molar-refractivity contribution in [1.82, 2.24) is 9.78 Å². The Morgan fingerprint density at radius 2 is 2.14 bits per heavy atom. The molecule has 124 valence electrons. The summed E-state index contributed by atoms with van der Waals surface area (Å²) in [6, 6.07) is 0. The van der Waals surface area contributed by atoms with Crippen LogP contribution in [0.5, 0.6) is 0 Å². The number of nitrogens with zero attached hydrogens (tertiary/aromatic N) is 2. The van der Waals surface area contributed by atoms with Crippen LogP contribution in [0.1, 0.15) is 39.0 Å². The van der Waals surface area contributed by atoms with Gasteiger partial charge in [0.2, 0.25) is 5.91 Å². The van der Waals surface area contributed by atoms with Crippen LogP contribution in [0.15, 0.2) is 6.20 Å². The first-order valence-electron chi connectivity index (χ1n) is 7.35. The number of anilines is 1. The maximum Gasteiger partial charge on any atom is 0.408 e. The van der Waals surface area contributed by atoms with Gasteiger partial charge in [0.05, 0.1) is 0 Å². The van der Waals surface area contributed by atoms with Gasteiger partial charge in [-0.3, -0.25) is 9.48 Å². The van der Waals surface area contributed by atoms with Crippen molar-refractivity contribution in [3.05, 3.63) is 11.2 Å². The Kier molecular flexibility index (Phi) is 5.36. The minimum absolute atomic E-state index is 0.00525. The van der Waals surface area contributed by atoms with E-state index in [2.05, 4.69) is 10.4 Å². The predicted octanol–water partition coefficient (Wildman–Crippen LogP) is 4.25. The molecular formula is C14H19ClF3N3O. The van der Waals surface area contributed by atoms with Crippen molar-refractivity contribution in [2.45, 2.75) is 51.7 Å². The highest BCUT2D eigenvalue weighted by Crippen LogP contribution is 2.31. The molecule has 1 atom stereocenters. The first kappa shape index (κ1) is 17.1. The normalized spacial score (nSPS) is 17.7. The molecule has 22 heavy (non-hydrogen) atoms. The van der Waals surface area contributed by atoms with E-state index in [9.17, 15) is 18.0 Å². The van der Waals surface area contributed by atoms with Crippen molar-refractivity contribution in [2.24, 2.45) is 11.8 Å². The topological polar surface area (TPSA) is 46.9 Å². The van der Waals surface area contributed by atoms with E-state index < -0.39 is 12.7 Å². The number of carbonyl (C=O) groups is 1. The summed E-state index contributed by atoms with van der Waals surface area (Å²) >= 11 is 5.83. The summed E-state index contributed by atoms with van der Waals surface area (Å²) in [5.41, 5.74) is 0. The lowest BCUT2D eigenvalue weighted by atomic mass is 9.94. The smallest absolute Gasteiger partial charge is 0.308 e. The second-order valence-corrected chi connectivity index (χ2v) is 6.32. The lowest BCUT2D eigenvalue weighted by Crippen LogP contribution is -2.23. The van der Waals surface area contributed by atoms with E-state index in [0.29, 0.717) is 10.6 Å². The van der Waals surface area contributed by atoms with Crippen LogP contribution in [0.25, 0.3) is 0 Å². The molecule has 1 saturated carbocycles. The van der Waals surface area contributed by atoms with Gasteiger partial charge in [-0.25, -0.2) is 0 Å². The first-order valence-corrected chi connectivity index (χ1v) is 7.73. The molecule has 1 N–H and O–H groups in total. The largest absolute Gasteiger partial charge is 0.408 e. The SMILES string of the molecule is CC(CC1CCCC1)C(=O)Nc1nn(CC(F)(F)F)cc1Cl. The van der Waals surface area contributed by atoms with Gasteiger partial charge in [0.1, 0.15) is 11.6 Å². The van der Waals surface area contributed by atoms with Crippen molar-refractivity contribution < 1.29 is 18.0 Å². The minimum Gasteiger partial charge on any atom is -0.308 e. The highest BCUT2D eigenvalue weighted by Gasteiger charge is 2.29. The van der Waals surface area contributed by atoms with Gasteiger partial charge in [-0.1, -0.05) is 44.2 Å². The van der Waals surface area contributed by atoms with Crippen LogP contribution < -0.4 is 5.32 Å². The summed E-state index contributed by atoms with van der Waals surface area (Å²) in [5.74, 6) is 0.0613. The van der Waals surface area contributed by atoms with Crippen molar-refractivity contribution in [2.75, 3.05) is 5.32 Å². The lowest BCUT2D eigenvalue weighted by Gasteiger charge is -2.15. The molecule has 1 amide bonds. The van der Waals surface area contributed by atoms with E-state index in [1.165, 1.54) is 12.8 Å². The highest BCUT2D eigenvalue weighted by atomic mass is 35.5. The zero-order valence-electron chi connectivity index (χ0n) is 12.3. The van der Waals surface area contributed by atoms with Crippen LogP contribution in [0.3, 0.4) is 0 Å². The number of hydrogen-bond acceptors (Lipinski definition) is 2. The van der Waals surface area contributed by atoms with E-state index in [-0.39, 0.29) is 22.7 Å². The van der Waals surface area contributed by atoms with E-state index >= 15 is 0 Å². The molecule has 1 unspecified atom stereocenters. The second kappa shape index (κ2) is 6.89. The first-order chi connectivity index (χ1) is 10.2. The number of hydrogen-bond donors (Lipinski definition) is 1. The van der Waals surface area contributed by atoms with Crippen molar-refractivity contribution >= 4 is 23.3 Å². The summed E-state index contributed by atoms with van der Waals surface area (Å²) in [5, 5.41) is 6.21. The molecule has 2 rings (SSSR count). The molecule has 1 heterocycles. The van der Waals surface area contributed by atoms with Crippen LogP contribution >= 0.6 is 11.6 Å². The highest BCUT2D eigenvalue weighted by molar-refractivity contribution is 6.33. The van der Waals surface area contributed by atoms with Crippen molar-refractivity contribution in [1.29, 1.82) is 0 Å². The monoisotopic (exact) mass is 337 g/mol. The molecule has 1 aromatic rings. The molecule has 4 nitrogen and oxygen atoms in total. The number of aromatic nitrogens is 2. The average Bonchev–Trinajstić information content (AvgIpc) is 2.98. The van der Waals surface area contributed by atoms with Crippen molar-refractivity contribution in [3.8, 4) is 0 Å². The third-order valence-corrected chi connectivity index (χ3v) is 4.19. The zero-order valence-corrected chi connectivity index (χ0v) is 13.0. The molecule has 1 aliphatic carbocycles. The van der Waals surface area contributed by atoms with Gasteiger partial charge in [0.25, 0.3) is 0 Å². The number of carbonyl (C=O) groups excluding carboxylic acids is 1. The molecule has 8 heteroatoms. The Labute approximate surface area is 132 Å². The third-order valence-electron chi connectivity index (χ3n) is 3.91. The number of alkyl halides is 3. The fourth-order valence-electron chi connectivity index (χ4n) is 2.84. The molecular weight excluding hydrogens is 319 g/mol. The molecule has 0 aliphatic heterocycles. The zero-order chi connectivity index (χ0) is 16.3. The maximum absolute atomic E-state index is 12.3. The van der Waals surface area contributed by atoms with Crippen LogP contribution in [0, 0.1) is 11.8 Å². The average molecular weight is 338 g/mol. The van der Waals surface area contributed by atoms with Crippen molar-refractivity contribution in [3.63, 3.8) is 0 Å². The van der Waals surface area contributed by atoms with Gasteiger partial charge in [0.15, 0.2) is 5.82 Å². The molecule has 1 aliphatic rings. The van der Waals surface area contributed by atoms with E-state index in [1.54, 1.807) is 0 Å². The van der Waals surface area contributed by atoms with Crippen LogP contribution in [0.4, 0.5) is 19.0 Å². The number of halogens is 4. The fraction of sp³-hybridized carbons (Fsp3) is 0.714. The molecule has 1 fully saturated rings. The van der Waals surface area contributed by atoms with E-state index in [0.717, 1.165) is 25.5 Å². The van der Waals surface area contributed by atoms with Gasteiger partial charge < -0.3 is 5.32 Å². The summed E-state index contributed by atoms with van der Waals surface area (Å²) in [6.45, 7) is 0.578. The molecule has 0 aromatic carbocycles. The van der Waals surface area contributed by atoms with Gasteiger partial charge in [0, 0.05) is 12.1 Å². The quantitative estimate of drug-likeness (QED) is 0.873. The number of rotatable bonds is 5. The standard InChI is InChI=1S/C14H19ClF3N3O/c1-9(6-10-4-2-3-5-10)13(22)19-12-11(15)7-21(20-12)8-14(16,17)18/h7,9-10H,2-6,8H2,1H3,(H,19,20,22). The summed E-state index contributed by atoms with van der Waals surface area (Å²) in [7, 11) is 0. The molecule has 0 bridgehead atoms. The summed E-state index contributed by atoms with van der Waals surface area (Å²) < 4.78 is 37.6. The van der Waals surface area contributed by atoms with Gasteiger partial charge in [-0.15, -0.1) is 0 Å². The van der Waals surface area contributed by atoms with Crippen LogP contribution in [0.2, 0.25) is 5.02 Å². The van der Waals surface area contributed by atoms with Crippen LogP contribution in [-0.2, 0) is 11.3 Å². The van der Waals surface area contributed by atoms with Crippen LogP contribution in [-0.4, -0.2) is 21.9 Å². The molecule has 0 radical (unpaired) electrons.